The summed E-state index contributed by atoms with van der Waals surface area (Å²) >= 11 is 1.84. The van der Waals surface area contributed by atoms with Gasteiger partial charge in [0.05, 0.1) is 11.4 Å². The zero-order valence-corrected chi connectivity index (χ0v) is 27.3. The van der Waals surface area contributed by atoms with Crippen molar-refractivity contribution < 1.29 is 4.42 Å². The summed E-state index contributed by atoms with van der Waals surface area (Å²) in [6.07, 6.45) is 0. The van der Waals surface area contributed by atoms with Gasteiger partial charge in [0.25, 0.3) is 0 Å². The molecule has 0 amide bonds. The molecule has 2 heterocycles. The molecule has 0 N–H and O–H groups in total. The van der Waals surface area contributed by atoms with Crippen LogP contribution in [0.1, 0.15) is 0 Å². The lowest BCUT2D eigenvalue weighted by Gasteiger charge is -2.27. The maximum absolute atomic E-state index is 6.85. The molecule has 10 aromatic rings. The van der Waals surface area contributed by atoms with E-state index in [1.807, 2.05) is 11.3 Å². The molecular formula is C46H29NOS. The number of para-hydroxylation sites is 1. The Labute approximate surface area is 287 Å². The Balaban J connectivity index is 1.25. The molecule has 0 aliphatic heterocycles. The van der Waals surface area contributed by atoms with E-state index in [1.54, 1.807) is 0 Å². The van der Waals surface area contributed by atoms with Gasteiger partial charge in [0.1, 0.15) is 5.58 Å². The monoisotopic (exact) mass is 643 g/mol. The zero-order chi connectivity index (χ0) is 32.3. The van der Waals surface area contributed by atoms with Gasteiger partial charge in [-0.2, -0.15) is 0 Å². The molecule has 0 saturated heterocycles. The van der Waals surface area contributed by atoms with Crippen molar-refractivity contribution in [3.8, 4) is 22.3 Å². The lowest BCUT2D eigenvalue weighted by Crippen LogP contribution is -2.10. The van der Waals surface area contributed by atoms with Crippen LogP contribution in [0.4, 0.5) is 17.1 Å². The van der Waals surface area contributed by atoms with Crippen molar-refractivity contribution in [2.24, 2.45) is 0 Å². The van der Waals surface area contributed by atoms with Crippen LogP contribution < -0.4 is 4.90 Å². The summed E-state index contributed by atoms with van der Waals surface area (Å²) in [5.41, 5.74) is 9.71. The van der Waals surface area contributed by atoms with Crippen LogP contribution in [-0.4, -0.2) is 0 Å². The average molecular weight is 644 g/mol. The summed E-state index contributed by atoms with van der Waals surface area (Å²) in [7, 11) is 0. The minimum atomic E-state index is 0.872. The molecule has 2 nitrogen and oxygen atoms in total. The van der Waals surface area contributed by atoms with Gasteiger partial charge < -0.3 is 9.32 Å². The van der Waals surface area contributed by atoms with Crippen LogP contribution in [-0.2, 0) is 0 Å². The van der Waals surface area contributed by atoms with Gasteiger partial charge in [-0.1, -0.05) is 133 Å². The molecule has 8 aromatic carbocycles. The number of furan rings is 1. The lowest BCUT2D eigenvalue weighted by atomic mass is 9.97. The first-order chi connectivity index (χ1) is 24.3. The van der Waals surface area contributed by atoms with Crippen molar-refractivity contribution in [2.45, 2.75) is 0 Å². The predicted octanol–water partition coefficient (Wildman–Crippen LogP) is 13.9. The summed E-state index contributed by atoms with van der Waals surface area (Å²) < 4.78 is 9.40. The van der Waals surface area contributed by atoms with Crippen LogP contribution in [0.25, 0.3) is 75.1 Å². The zero-order valence-electron chi connectivity index (χ0n) is 26.5. The average Bonchev–Trinajstić information content (AvgIpc) is 3.75. The number of rotatable bonds is 5. The van der Waals surface area contributed by atoms with E-state index in [1.165, 1.54) is 47.6 Å². The molecule has 230 valence electrons. The first kappa shape index (κ1) is 27.9. The van der Waals surface area contributed by atoms with Crippen LogP contribution >= 0.6 is 11.3 Å². The van der Waals surface area contributed by atoms with E-state index in [-0.39, 0.29) is 0 Å². The summed E-state index contributed by atoms with van der Waals surface area (Å²) in [4.78, 5) is 2.40. The van der Waals surface area contributed by atoms with Gasteiger partial charge >= 0.3 is 0 Å². The fraction of sp³-hybridized carbons (Fsp3) is 0. The highest BCUT2D eigenvalue weighted by Crippen LogP contribution is 2.49. The molecule has 0 radical (unpaired) electrons. The summed E-state index contributed by atoms with van der Waals surface area (Å²) in [5, 5.41) is 7.25. The molecule has 10 rings (SSSR count). The van der Waals surface area contributed by atoms with E-state index in [4.69, 9.17) is 4.42 Å². The standard InChI is InChI=1S/C46H29NOS/c1-2-12-31(13-3-1)36-28-29-40(46-44(36)37-17-6-8-21-41(37)48-46)47(39-20-11-23-43-45(39)38-18-7-9-22-42(38)49-43)33-26-24-32(25-27-33)35-19-10-15-30-14-4-5-16-34(30)35/h1-29H. The highest BCUT2D eigenvalue weighted by Gasteiger charge is 2.24. The third-order valence-corrected chi connectivity index (χ3v) is 10.8. The van der Waals surface area contributed by atoms with Crippen molar-refractivity contribution in [3.63, 3.8) is 0 Å². The second-order valence-corrected chi connectivity index (χ2v) is 13.5. The third-order valence-electron chi connectivity index (χ3n) is 9.68. The van der Waals surface area contributed by atoms with Gasteiger partial charge in [-0.3, -0.25) is 0 Å². The number of hydrogen-bond donors (Lipinski definition) is 0. The molecule has 0 aliphatic rings. The van der Waals surface area contributed by atoms with Gasteiger partial charge in [-0.05, 0) is 75.5 Å². The van der Waals surface area contributed by atoms with E-state index in [0.717, 1.165) is 44.6 Å². The van der Waals surface area contributed by atoms with Crippen LogP contribution in [0, 0.1) is 0 Å². The van der Waals surface area contributed by atoms with E-state index in [9.17, 15) is 0 Å². The van der Waals surface area contributed by atoms with Gasteiger partial charge in [0.15, 0.2) is 5.58 Å². The predicted molar refractivity (Wildman–Crippen MR) is 210 cm³/mol. The van der Waals surface area contributed by atoms with E-state index in [2.05, 4.69) is 181 Å². The molecular weight excluding hydrogens is 615 g/mol. The first-order valence-electron chi connectivity index (χ1n) is 16.6. The fourth-order valence-corrected chi connectivity index (χ4v) is 8.59. The SMILES string of the molecule is c1ccc(-c2ccc(N(c3ccc(-c4cccc5ccccc45)cc3)c3cccc4sc5ccccc5c34)c3oc4ccccc4c23)cc1. The number of benzene rings is 8. The van der Waals surface area contributed by atoms with E-state index < -0.39 is 0 Å². The highest BCUT2D eigenvalue weighted by molar-refractivity contribution is 7.26. The van der Waals surface area contributed by atoms with Crippen LogP contribution in [0.3, 0.4) is 0 Å². The van der Waals surface area contributed by atoms with Crippen LogP contribution in [0.15, 0.2) is 180 Å². The maximum atomic E-state index is 6.85. The quantitative estimate of drug-likeness (QED) is 0.186. The normalized spacial score (nSPS) is 11.7. The summed E-state index contributed by atoms with van der Waals surface area (Å²) in [6.45, 7) is 0. The largest absolute Gasteiger partial charge is 0.454 e. The van der Waals surface area contributed by atoms with Gasteiger partial charge in [0, 0.05) is 36.6 Å². The minimum Gasteiger partial charge on any atom is -0.454 e. The lowest BCUT2D eigenvalue weighted by molar-refractivity contribution is 0.669. The van der Waals surface area contributed by atoms with Crippen molar-refractivity contribution in [1.29, 1.82) is 0 Å². The number of fused-ring (bicyclic) bond motifs is 7. The Bertz CT molecular complexity index is 2820. The maximum Gasteiger partial charge on any atom is 0.160 e. The Kier molecular flexibility index (Phi) is 6.39. The number of anilines is 3. The van der Waals surface area contributed by atoms with E-state index in [0.29, 0.717) is 0 Å². The van der Waals surface area contributed by atoms with Crippen molar-refractivity contribution in [1.82, 2.24) is 0 Å². The molecule has 49 heavy (non-hydrogen) atoms. The minimum absolute atomic E-state index is 0.872. The highest BCUT2D eigenvalue weighted by atomic mass is 32.1. The Morgan fingerprint density at radius 3 is 1.96 bits per heavy atom. The number of nitrogens with zero attached hydrogens (tertiary/aromatic N) is 1. The molecule has 0 fully saturated rings. The Morgan fingerprint density at radius 2 is 1.08 bits per heavy atom. The molecule has 2 aromatic heterocycles. The molecule has 0 aliphatic carbocycles. The summed E-state index contributed by atoms with van der Waals surface area (Å²) in [6, 6.07) is 63.1. The van der Waals surface area contributed by atoms with Crippen LogP contribution in [0.5, 0.6) is 0 Å². The fourth-order valence-electron chi connectivity index (χ4n) is 7.47. The first-order valence-corrected chi connectivity index (χ1v) is 17.4. The van der Waals surface area contributed by atoms with E-state index >= 15 is 0 Å². The van der Waals surface area contributed by atoms with Crippen molar-refractivity contribution >= 4 is 81.3 Å². The molecule has 0 unspecified atom stereocenters. The Morgan fingerprint density at radius 1 is 0.408 bits per heavy atom. The second-order valence-electron chi connectivity index (χ2n) is 12.5. The molecule has 0 saturated carbocycles. The van der Waals surface area contributed by atoms with Gasteiger partial charge in [-0.25, -0.2) is 0 Å². The topological polar surface area (TPSA) is 16.4 Å². The molecule has 0 atom stereocenters. The number of thiophene rings is 1. The molecule has 0 spiro atoms. The van der Waals surface area contributed by atoms with Crippen molar-refractivity contribution in [2.75, 3.05) is 4.90 Å². The third kappa shape index (κ3) is 4.47. The van der Waals surface area contributed by atoms with Gasteiger partial charge in [-0.15, -0.1) is 11.3 Å². The molecule has 3 heteroatoms. The second kappa shape index (κ2) is 11.2. The van der Waals surface area contributed by atoms with Crippen molar-refractivity contribution in [3.05, 3.63) is 176 Å². The Hall–Kier alpha value is -6.16. The molecule has 0 bridgehead atoms. The smallest absolute Gasteiger partial charge is 0.160 e. The summed E-state index contributed by atoms with van der Waals surface area (Å²) in [5.74, 6) is 0. The van der Waals surface area contributed by atoms with Gasteiger partial charge in [0.2, 0.25) is 0 Å². The number of hydrogen-bond acceptors (Lipinski definition) is 3. The van der Waals surface area contributed by atoms with Crippen LogP contribution in [0.2, 0.25) is 0 Å².